The lowest BCUT2D eigenvalue weighted by atomic mass is 10.0. The van der Waals surface area contributed by atoms with Crippen molar-refractivity contribution in [2.75, 3.05) is 17.4 Å². The monoisotopic (exact) mass is 719 g/mol. The number of benzene rings is 4. The standard InChI is InChI=1S/C34H33Cl4N3O4S/c1-3-17-39-34(43)32(19-24-7-5-4-6-8-24)40(21-25-11-15-28(36)30(38)18-25)33(42)22-41(31-20-26(35)12-16-29(31)37)46(44,45)27-13-9-23(2)10-14-27/h4-16,18,20,32H,3,17,19,21-22H2,1-2H3,(H,39,43)/t32-/m1/s1. The smallest absolute Gasteiger partial charge is 0.264 e. The minimum Gasteiger partial charge on any atom is -0.354 e. The number of sulfonamides is 1. The van der Waals surface area contributed by atoms with E-state index in [4.69, 9.17) is 46.4 Å². The van der Waals surface area contributed by atoms with E-state index >= 15 is 0 Å². The van der Waals surface area contributed by atoms with Gasteiger partial charge in [-0.2, -0.15) is 0 Å². The summed E-state index contributed by atoms with van der Waals surface area (Å²) in [4.78, 5) is 29.6. The first kappa shape index (κ1) is 35.6. The number of hydrogen-bond donors (Lipinski definition) is 1. The molecule has 0 fully saturated rings. The fourth-order valence-electron chi connectivity index (χ4n) is 4.78. The summed E-state index contributed by atoms with van der Waals surface area (Å²) in [7, 11) is -4.34. The van der Waals surface area contributed by atoms with E-state index in [2.05, 4.69) is 5.32 Å². The Morgan fingerprint density at radius 1 is 0.804 bits per heavy atom. The average Bonchev–Trinajstić information content (AvgIpc) is 3.03. The Balaban J connectivity index is 1.84. The molecule has 0 aromatic heterocycles. The maximum Gasteiger partial charge on any atom is 0.264 e. The van der Waals surface area contributed by atoms with Crippen LogP contribution < -0.4 is 9.62 Å². The zero-order valence-corrected chi connectivity index (χ0v) is 29.1. The molecule has 4 rings (SSSR count). The molecule has 2 amide bonds. The van der Waals surface area contributed by atoms with Crippen LogP contribution in [0, 0.1) is 6.92 Å². The molecule has 0 saturated carbocycles. The number of anilines is 1. The second-order valence-corrected chi connectivity index (χ2v) is 14.2. The van der Waals surface area contributed by atoms with Crippen molar-refractivity contribution >= 4 is 73.9 Å². The van der Waals surface area contributed by atoms with Gasteiger partial charge in [-0.1, -0.05) is 107 Å². The lowest BCUT2D eigenvalue weighted by Gasteiger charge is -2.34. The number of carbonyl (C=O) groups excluding carboxylic acids is 2. The molecule has 1 N–H and O–H groups in total. The van der Waals surface area contributed by atoms with Gasteiger partial charge >= 0.3 is 0 Å². The van der Waals surface area contributed by atoms with E-state index in [0.717, 1.165) is 15.4 Å². The average molecular weight is 722 g/mol. The summed E-state index contributed by atoms with van der Waals surface area (Å²) >= 11 is 25.3. The number of rotatable bonds is 13. The number of hydrogen-bond acceptors (Lipinski definition) is 4. The highest BCUT2D eigenvalue weighted by atomic mass is 35.5. The van der Waals surface area contributed by atoms with Gasteiger partial charge in [-0.25, -0.2) is 8.42 Å². The van der Waals surface area contributed by atoms with Gasteiger partial charge in [-0.3, -0.25) is 13.9 Å². The molecular formula is C34H33Cl4N3O4S. The predicted molar refractivity (Wildman–Crippen MR) is 186 cm³/mol. The molecule has 0 spiro atoms. The van der Waals surface area contributed by atoms with Crippen LogP contribution >= 0.6 is 46.4 Å². The Morgan fingerprint density at radius 3 is 2.13 bits per heavy atom. The van der Waals surface area contributed by atoms with Gasteiger partial charge in [-0.15, -0.1) is 0 Å². The van der Waals surface area contributed by atoms with Gasteiger partial charge in [0.05, 0.1) is 25.7 Å². The number of nitrogens with one attached hydrogen (secondary N) is 1. The Hall–Kier alpha value is -3.27. The van der Waals surface area contributed by atoms with Crippen LogP contribution in [0.25, 0.3) is 0 Å². The van der Waals surface area contributed by atoms with Gasteiger partial charge < -0.3 is 10.2 Å². The first-order chi connectivity index (χ1) is 21.9. The SMILES string of the molecule is CCCNC(=O)[C@@H](Cc1ccccc1)N(Cc1ccc(Cl)c(Cl)c1)C(=O)CN(c1cc(Cl)ccc1Cl)S(=O)(=O)c1ccc(C)cc1. The molecule has 12 heteroatoms. The Morgan fingerprint density at radius 2 is 1.48 bits per heavy atom. The molecule has 0 aliphatic rings. The molecule has 46 heavy (non-hydrogen) atoms. The first-order valence-corrected chi connectivity index (χ1v) is 17.5. The maximum atomic E-state index is 14.5. The lowest BCUT2D eigenvalue weighted by molar-refractivity contribution is -0.140. The van der Waals surface area contributed by atoms with Crippen molar-refractivity contribution in [3.8, 4) is 0 Å². The third kappa shape index (κ3) is 8.96. The summed E-state index contributed by atoms with van der Waals surface area (Å²) in [6.07, 6.45) is 0.854. The van der Waals surface area contributed by atoms with E-state index in [9.17, 15) is 18.0 Å². The summed E-state index contributed by atoms with van der Waals surface area (Å²) in [5, 5.41) is 3.81. The van der Waals surface area contributed by atoms with E-state index in [0.29, 0.717) is 23.6 Å². The Labute approximate surface area is 290 Å². The predicted octanol–water partition coefficient (Wildman–Crippen LogP) is 7.97. The summed E-state index contributed by atoms with van der Waals surface area (Å²) in [6.45, 7) is 3.42. The van der Waals surface area contributed by atoms with E-state index in [1.54, 1.807) is 30.3 Å². The minimum atomic E-state index is -4.34. The lowest BCUT2D eigenvalue weighted by Crippen LogP contribution is -2.53. The second-order valence-electron chi connectivity index (χ2n) is 10.7. The number of nitrogens with zero attached hydrogens (tertiary/aromatic N) is 2. The topological polar surface area (TPSA) is 86.8 Å². The summed E-state index contributed by atoms with van der Waals surface area (Å²) in [5.41, 5.74) is 2.29. The highest BCUT2D eigenvalue weighted by Gasteiger charge is 2.35. The number of carbonyl (C=O) groups is 2. The molecule has 0 saturated heterocycles. The summed E-state index contributed by atoms with van der Waals surface area (Å²) < 4.78 is 29.3. The van der Waals surface area contributed by atoms with Gasteiger partial charge in [0.1, 0.15) is 12.6 Å². The Bertz CT molecular complexity index is 1790. The molecule has 0 aliphatic carbocycles. The van der Waals surface area contributed by atoms with Crippen molar-refractivity contribution in [1.82, 2.24) is 10.2 Å². The quantitative estimate of drug-likeness (QED) is 0.152. The van der Waals surface area contributed by atoms with Gasteiger partial charge in [-0.05, 0) is 66.9 Å². The summed E-state index contributed by atoms with van der Waals surface area (Å²) in [5.74, 6) is -1.03. The molecule has 0 radical (unpaired) electrons. The highest BCUT2D eigenvalue weighted by Crippen LogP contribution is 2.34. The van der Waals surface area contributed by atoms with Gasteiger partial charge in [0.15, 0.2) is 0 Å². The van der Waals surface area contributed by atoms with Gasteiger partial charge in [0.25, 0.3) is 10.0 Å². The minimum absolute atomic E-state index is 0.0209. The van der Waals surface area contributed by atoms with Crippen molar-refractivity contribution in [3.05, 3.63) is 128 Å². The van der Waals surface area contributed by atoms with E-state index in [1.165, 1.54) is 35.2 Å². The van der Waals surface area contributed by atoms with Crippen LogP contribution in [0.5, 0.6) is 0 Å². The van der Waals surface area contributed by atoms with E-state index in [-0.39, 0.29) is 44.5 Å². The third-order valence-electron chi connectivity index (χ3n) is 7.22. The zero-order chi connectivity index (χ0) is 33.4. The number of aryl methyl sites for hydroxylation is 1. The second kappa shape index (κ2) is 16.0. The largest absolute Gasteiger partial charge is 0.354 e. The molecule has 7 nitrogen and oxygen atoms in total. The number of amides is 2. The van der Waals surface area contributed by atoms with Crippen molar-refractivity contribution in [2.24, 2.45) is 0 Å². The van der Waals surface area contributed by atoms with Crippen molar-refractivity contribution < 1.29 is 18.0 Å². The van der Waals surface area contributed by atoms with Crippen LogP contribution in [0.1, 0.15) is 30.0 Å². The zero-order valence-electron chi connectivity index (χ0n) is 25.2. The van der Waals surface area contributed by atoms with E-state index < -0.39 is 28.5 Å². The molecule has 0 unspecified atom stereocenters. The van der Waals surface area contributed by atoms with Gasteiger partial charge in [0, 0.05) is 24.5 Å². The first-order valence-electron chi connectivity index (χ1n) is 14.5. The third-order valence-corrected chi connectivity index (χ3v) is 10.3. The molecule has 0 bridgehead atoms. The van der Waals surface area contributed by atoms with Crippen LogP contribution in [-0.4, -0.2) is 44.3 Å². The van der Waals surface area contributed by atoms with E-state index in [1.807, 2.05) is 44.2 Å². The molecule has 1 atom stereocenters. The van der Waals surface area contributed by atoms with Crippen molar-refractivity contribution in [2.45, 2.75) is 44.2 Å². The van der Waals surface area contributed by atoms with Crippen LogP contribution in [0.3, 0.4) is 0 Å². The van der Waals surface area contributed by atoms with Crippen LogP contribution in [0.15, 0.2) is 95.9 Å². The molecule has 242 valence electrons. The highest BCUT2D eigenvalue weighted by molar-refractivity contribution is 7.92. The molecule has 4 aromatic carbocycles. The molecule has 4 aromatic rings. The van der Waals surface area contributed by atoms with Crippen molar-refractivity contribution in [1.29, 1.82) is 0 Å². The molecule has 0 heterocycles. The van der Waals surface area contributed by atoms with Crippen LogP contribution in [-0.2, 0) is 32.6 Å². The fourth-order valence-corrected chi connectivity index (χ4v) is 6.96. The fraction of sp³-hybridized carbons (Fsp3) is 0.235. The molecular weight excluding hydrogens is 688 g/mol. The Kier molecular flexibility index (Phi) is 12.4. The van der Waals surface area contributed by atoms with Crippen molar-refractivity contribution in [3.63, 3.8) is 0 Å². The van der Waals surface area contributed by atoms with Crippen LogP contribution in [0.4, 0.5) is 5.69 Å². The maximum absolute atomic E-state index is 14.5. The molecule has 0 aliphatic heterocycles. The van der Waals surface area contributed by atoms with Gasteiger partial charge in [0.2, 0.25) is 11.8 Å². The number of halogens is 4. The summed E-state index contributed by atoms with van der Waals surface area (Å²) in [6, 6.07) is 23.8. The normalized spacial score (nSPS) is 12.0. The van der Waals surface area contributed by atoms with Crippen LogP contribution in [0.2, 0.25) is 20.1 Å².